The summed E-state index contributed by atoms with van der Waals surface area (Å²) in [6.07, 6.45) is 0.565. The molecule has 0 N–H and O–H groups in total. The number of benzene rings is 1. The number of hydrogen-bond donors (Lipinski definition) is 0. The second kappa shape index (κ2) is 9.89. The van der Waals surface area contributed by atoms with E-state index in [4.69, 9.17) is 9.47 Å². The third kappa shape index (κ3) is 5.36. The number of carbonyl (C=O) groups excluding carboxylic acids is 2. The zero-order chi connectivity index (χ0) is 20.8. The average Bonchev–Trinajstić information content (AvgIpc) is 3.28. The van der Waals surface area contributed by atoms with Crippen molar-refractivity contribution >= 4 is 23.0 Å². The highest BCUT2D eigenvalue weighted by Gasteiger charge is 2.22. The van der Waals surface area contributed by atoms with Gasteiger partial charge in [0, 0.05) is 45.6 Å². The first-order valence-corrected chi connectivity index (χ1v) is 10.7. The van der Waals surface area contributed by atoms with E-state index < -0.39 is 0 Å². The molecular weight excluding hydrogens is 388 g/mol. The van der Waals surface area contributed by atoms with Crippen LogP contribution in [0.2, 0.25) is 0 Å². The Morgan fingerprint density at radius 2 is 1.72 bits per heavy atom. The van der Waals surface area contributed by atoms with Crippen molar-refractivity contribution < 1.29 is 19.1 Å². The predicted molar refractivity (Wildman–Crippen MR) is 114 cm³/mol. The van der Waals surface area contributed by atoms with E-state index in [0.717, 1.165) is 41.6 Å². The smallest absolute Gasteiger partial charge is 0.223 e. The molecule has 1 amide bonds. The lowest BCUT2D eigenvalue weighted by Gasteiger charge is -2.35. The van der Waals surface area contributed by atoms with Gasteiger partial charge >= 0.3 is 0 Å². The number of rotatable bonds is 8. The summed E-state index contributed by atoms with van der Waals surface area (Å²) in [6, 6.07) is 7.70. The molecule has 29 heavy (non-hydrogen) atoms. The molecule has 1 aliphatic rings. The van der Waals surface area contributed by atoms with E-state index in [2.05, 4.69) is 11.8 Å². The second-order valence-corrected chi connectivity index (χ2v) is 8.14. The van der Waals surface area contributed by atoms with Gasteiger partial charge in [0.2, 0.25) is 5.91 Å². The molecule has 7 heteroatoms. The first-order valence-electron chi connectivity index (χ1n) is 9.80. The summed E-state index contributed by atoms with van der Waals surface area (Å²) in [5.41, 5.74) is 2.36. The van der Waals surface area contributed by atoms with Crippen LogP contribution in [0.25, 0.3) is 0 Å². The molecule has 0 bridgehead atoms. The number of nitrogens with zero attached hydrogens (tertiary/aromatic N) is 2. The van der Waals surface area contributed by atoms with Crippen molar-refractivity contribution in [3.05, 3.63) is 45.6 Å². The molecule has 0 atom stereocenters. The summed E-state index contributed by atoms with van der Waals surface area (Å²) in [5, 5.41) is 1.88. The Hall–Kier alpha value is -2.38. The van der Waals surface area contributed by atoms with Gasteiger partial charge in [-0.3, -0.25) is 14.5 Å². The highest BCUT2D eigenvalue weighted by molar-refractivity contribution is 7.12. The number of ketones is 1. The van der Waals surface area contributed by atoms with Gasteiger partial charge in [-0.25, -0.2) is 0 Å². The minimum absolute atomic E-state index is 0.0518. The van der Waals surface area contributed by atoms with Crippen LogP contribution in [0.1, 0.15) is 33.6 Å². The fraction of sp³-hybridized carbons (Fsp3) is 0.455. The molecule has 0 spiro atoms. The predicted octanol–water partition coefficient (Wildman–Crippen LogP) is 3.38. The van der Waals surface area contributed by atoms with E-state index in [1.807, 2.05) is 34.5 Å². The monoisotopic (exact) mass is 416 g/mol. The van der Waals surface area contributed by atoms with Crippen molar-refractivity contribution in [1.29, 1.82) is 0 Å². The van der Waals surface area contributed by atoms with Crippen molar-refractivity contribution in [2.75, 3.05) is 40.4 Å². The number of carbonyl (C=O) groups is 2. The maximum absolute atomic E-state index is 12.5. The molecule has 0 saturated carbocycles. The van der Waals surface area contributed by atoms with Crippen LogP contribution in [-0.4, -0.2) is 61.9 Å². The van der Waals surface area contributed by atoms with Gasteiger partial charge in [0.25, 0.3) is 0 Å². The number of aryl methyl sites for hydroxylation is 1. The summed E-state index contributed by atoms with van der Waals surface area (Å²) in [4.78, 5) is 29.5. The molecule has 1 aromatic heterocycles. The number of piperazine rings is 1. The highest BCUT2D eigenvalue weighted by atomic mass is 32.1. The molecule has 2 heterocycles. The lowest BCUT2D eigenvalue weighted by atomic mass is 10.1. The van der Waals surface area contributed by atoms with Gasteiger partial charge in [-0.1, -0.05) is 6.07 Å². The molecule has 1 fully saturated rings. The van der Waals surface area contributed by atoms with Gasteiger partial charge in [0.1, 0.15) is 0 Å². The van der Waals surface area contributed by atoms with Crippen molar-refractivity contribution in [2.45, 2.75) is 26.3 Å². The maximum Gasteiger partial charge on any atom is 0.223 e. The van der Waals surface area contributed by atoms with Gasteiger partial charge < -0.3 is 14.4 Å². The van der Waals surface area contributed by atoms with Gasteiger partial charge in [0.15, 0.2) is 17.3 Å². The van der Waals surface area contributed by atoms with Crippen LogP contribution in [0.3, 0.4) is 0 Å². The van der Waals surface area contributed by atoms with Crippen LogP contribution < -0.4 is 9.47 Å². The van der Waals surface area contributed by atoms with E-state index in [9.17, 15) is 9.59 Å². The number of hydrogen-bond acceptors (Lipinski definition) is 6. The van der Waals surface area contributed by atoms with Crippen molar-refractivity contribution in [1.82, 2.24) is 9.80 Å². The third-order valence-electron chi connectivity index (χ3n) is 5.32. The Morgan fingerprint density at radius 1 is 1.03 bits per heavy atom. The first kappa shape index (κ1) is 21.3. The first-order chi connectivity index (χ1) is 14.0. The summed E-state index contributed by atoms with van der Waals surface area (Å²) >= 11 is 1.43. The second-order valence-electron chi connectivity index (χ2n) is 7.19. The van der Waals surface area contributed by atoms with Gasteiger partial charge in [0.05, 0.1) is 19.1 Å². The molecule has 0 radical (unpaired) electrons. The number of thiophene rings is 1. The lowest BCUT2D eigenvalue weighted by Crippen LogP contribution is -2.48. The zero-order valence-electron chi connectivity index (χ0n) is 17.3. The van der Waals surface area contributed by atoms with E-state index >= 15 is 0 Å². The fourth-order valence-corrected chi connectivity index (χ4v) is 4.22. The Morgan fingerprint density at radius 3 is 2.34 bits per heavy atom. The minimum atomic E-state index is 0.0518. The van der Waals surface area contributed by atoms with E-state index in [-0.39, 0.29) is 24.5 Å². The number of Topliss-reactive ketones (excluding diaryl/α,β-unsaturated/α-hetero) is 1. The fourth-order valence-electron chi connectivity index (χ4n) is 3.53. The van der Waals surface area contributed by atoms with Crippen LogP contribution in [0.15, 0.2) is 29.6 Å². The Labute approximate surface area is 176 Å². The topological polar surface area (TPSA) is 59.1 Å². The molecule has 0 aliphatic carbocycles. The Balaban J connectivity index is 1.49. The van der Waals surface area contributed by atoms with E-state index in [1.54, 1.807) is 14.2 Å². The molecular formula is C22H28N2O4S. The van der Waals surface area contributed by atoms with Crippen LogP contribution in [0, 0.1) is 6.92 Å². The van der Waals surface area contributed by atoms with Crippen molar-refractivity contribution in [3.8, 4) is 11.5 Å². The maximum atomic E-state index is 12.5. The highest BCUT2D eigenvalue weighted by Crippen LogP contribution is 2.31. The minimum Gasteiger partial charge on any atom is -0.493 e. The van der Waals surface area contributed by atoms with Crippen molar-refractivity contribution in [2.24, 2.45) is 0 Å². The van der Waals surface area contributed by atoms with E-state index in [1.165, 1.54) is 16.9 Å². The number of methoxy groups -OCH3 is 2. The summed E-state index contributed by atoms with van der Waals surface area (Å²) < 4.78 is 10.8. The van der Waals surface area contributed by atoms with Crippen LogP contribution in [0.5, 0.6) is 11.5 Å². The molecule has 1 aliphatic heterocycles. The molecule has 156 valence electrons. The number of amides is 1. The van der Waals surface area contributed by atoms with Gasteiger partial charge in [-0.2, -0.15) is 0 Å². The molecule has 3 rings (SSSR count). The molecule has 2 aromatic rings. The van der Waals surface area contributed by atoms with Crippen LogP contribution in [0.4, 0.5) is 0 Å². The summed E-state index contributed by atoms with van der Waals surface area (Å²) in [7, 11) is 3.28. The summed E-state index contributed by atoms with van der Waals surface area (Å²) in [5.74, 6) is 1.59. The lowest BCUT2D eigenvalue weighted by molar-refractivity contribution is -0.133. The van der Waals surface area contributed by atoms with E-state index in [0.29, 0.717) is 13.1 Å². The van der Waals surface area contributed by atoms with Crippen LogP contribution >= 0.6 is 11.3 Å². The Kier molecular flexibility index (Phi) is 7.28. The molecule has 0 unspecified atom stereocenters. The quantitative estimate of drug-likeness (QED) is 0.618. The van der Waals surface area contributed by atoms with Crippen LogP contribution in [-0.2, 0) is 11.3 Å². The molecule has 1 aromatic carbocycles. The van der Waals surface area contributed by atoms with Gasteiger partial charge in [-0.05, 0) is 41.6 Å². The SMILES string of the molecule is COc1cc(C)c(CN2CCN(C(=O)CCC(=O)c3cccs3)CC2)cc1OC. The summed E-state index contributed by atoms with van der Waals surface area (Å²) in [6.45, 7) is 5.90. The largest absolute Gasteiger partial charge is 0.493 e. The molecule has 1 saturated heterocycles. The Bertz CT molecular complexity index is 843. The van der Waals surface area contributed by atoms with Gasteiger partial charge in [-0.15, -0.1) is 11.3 Å². The van der Waals surface area contributed by atoms with Crippen molar-refractivity contribution in [3.63, 3.8) is 0 Å². The zero-order valence-corrected chi connectivity index (χ0v) is 18.1. The standard InChI is InChI=1S/C22H28N2O4S/c1-16-13-19(27-2)20(28-3)14-17(16)15-23-8-10-24(11-9-23)22(26)7-6-18(25)21-5-4-12-29-21/h4-5,12-14H,6-11,15H2,1-3H3. The molecule has 6 nitrogen and oxygen atoms in total. The number of ether oxygens (including phenoxy) is 2. The average molecular weight is 417 g/mol. The third-order valence-corrected chi connectivity index (χ3v) is 6.23. The normalized spacial score (nSPS) is 14.7.